The number of nitrogens with one attached hydrogen (secondary N) is 1. The van der Waals surface area contributed by atoms with Gasteiger partial charge in [-0.2, -0.15) is 0 Å². The number of carbonyl (C=O) groups is 1. The molecule has 2 unspecified atom stereocenters. The SMILES string of the molecule is CC(=O)c1ccc(C2CCCCC2NS(=O)(=O)c2ccc(Cl)cc2)cc1. The van der Waals surface area contributed by atoms with Crippen molar-refractivity contribution in [3.63, 3.8) is 0 Å². The van der Waals surface area contributed by atoms with Gasteiger partial charge in [0.15, 0.2) is 5.78 Å². The van der Waals surface area contributed by atoms with Crippen LogP contribution in [0.15, 0.2) is 53.4 Å². The second kappa shape index (κ2) is 7.91. The first-order valence-corrected chi connectivity index (χ1v) is 10.6. The molecule has 1 N–H and O–H groups in total. The third kappa shape index (κ3) is 4.34. The zero-order valence-corrected chi connectivity index (χ0v) is 16.2. The number of hydrogen-bond donors (Lipinski definition) is 1. The van der Waals surface area contributed by atoms with Crippen molar-refractivity contribution in [1.29, 1.82) is 0 Å². The molecule has 2 atom stereocenters. The van der Waals surface area contributed by atoms with E-state index in [1.54, 1.807) is 19.1 Å². The Morgan fingerprint density at radius 2 is 1.62 bits per heavy atom. The molecule has 1 aliphatic carbocycles. The second-order valence-electron chi connectivity index (χ2n) is 6.75. The molecule has 26 heavy (non-hydrogen) atoms. The van der Waals surface area contributed by atoms with Gasteiger partial charge in [0.25, 0.3) is 0 Å². The molecular weight excluding hydrogens is 370 g/mol. The number of Topliss-reactive ketones (excluding diaryl/α,β-unsaturated/α-hetero) is 1. The van der Waals surface area contributed by atoms with Crippen molar-refractivity contribution < 1.29 is 13.2 Å². The first-order chi connectivity index (χ1) is 12.4. The summed E-state index contributed by atoms with van der Waals surface area (Å²) in [5.74, 6) is 0.131. The Bertz CT molecular complexity index is 876. The van der Waals surface area contributed by atoms with Crippen LogP contribution in [0.1, 0.15) is 54.4 Å². The van der Waals surface area contributed by atoms with E-state index in [4.69, 9.17) is 11.6 Å². The molecule has 138 valence electrons. The third-order valence-corrected chi connectivity index (χ3v) is 6.70. The fourth-order valence-electron chi connectivity index (χ4n) is 3.52. The molecule has 0 radical (unpaired) electrons. The van der Waals surface area contributed by atoms with E-state index in [1.807, 2.05) is 24.3 Å². The molecule has 2 aromatic carbocycles. The summed E-state index contributed by atoms with van der Waals surface area (Å²) in [4.78, 5) is 11.7. The van der Waals surface area contributed by atoms with Crippen molar-refractivity contribution in [1.82, 2.24) is 4.72 Å². The van der Waals surface area contributed by atoms with Crippen LogP contribution in [0, 0.1) is 0 Å². The maximum atomic E-state index is 12.7. The molecule has 0 bridgehead atoms. The lowest BCUT2D eigenvalue weighted by atomic mass is 9.80. The number of benzene rings is 2. The van der Waals surface area contributed by atoms with Crippen LogP contribution in [0.25, 0.3) is 0 Å². The fourth-order valence-corrected chi connectivity index (χ4v) is 4.95. The Morgan fingerprint density at radius 1 is 1.00 bits per heavy atom. The Kier molecular flexibility index (Phi) is 5.80. The smallest absolute Gasteiger partial charge is 0.240 e. The average molecular weight is 392 g/mol. The van der Waals surface area contributed by atoms with Crippen molar-refractivity contribution in [2.24, 2.45) is 0 Å². The van der Waals surface area contributed by atoms with E-state index in [2.05, 4.69) is 4.72 Å². The third-order valence-electron chi connectivity index (χ3n) is 4.94. The van der Waals surface area contributed by atoms with Gasteiger partial charge < -0.3 is 0 Å². The highest BCUT2D eigenvalue weighted by Crippen LogP contribution is 2.34. The van der Waals surface area contributed by atoms with Gasteiger partial charge in [0.05, 0.1) is 4.90 Å². The largest absolute Gasteiger partial charge is 0.295 e. The highest BCUT2D eigenvalue weighted by Gasteiger charge is 2.30. The molecule has 0 heterocycles. The van der Waals surface area contributed by atoms with Crippen LogP contribution in [0.4, 0.5) is 0 Å². The van der Waals surface area contributed by atoms with Crippen molar-refractivity contribution >= 4 is 27.4 Å². The summed E-state index contributed by atoms with van der Waals surface area (Å²) < 4.78 is 28.3. The molecular formula is C20H22ClNO3S. The van der Waals surface area contributed by atoms with Crippen LogP contribution in [0.5, 0.6) is 0 Å². The van der Waals surface area contributed by atoms with Crippen molar-refractivity contribution in [2.45, 2.75) is 49.5 Å². The normalized spacial score (nSPS) is 20.7. The van der Waals surface area contributed by atoms with Gasteiger partial charge in [-0.3, -0.25) is 4.79 Å². The van der Waals surface area contributed by atoms with E-state index in [9.17, 15) is 13.2 Å². The maximum absolute atomic E-state index is 12.7. The van der Waals surface area contributed by atoms with E-state index >= 15 is 0 Å². The highest BCUT2D eigenvalue weighted by atomic mass is 35.5. The Hall–Kier alpha value is -1.69. The Labute approximate surface area is 159 Å². The molecule has 0 saturated heterocycles. The number of hydrogen-bond acceptors (Lipinski definition) is 3. The molecule has 3 rings (SSSR count). The quantitative estimate of drug-likeness (QED) is 0.760. The molecule has 0 spiro atoms. The summed E-state index contributed by atoms with van der Waals surface area (Å²) in [7, 11) is -3.60. The van der Waals surface area contributed by atoms with Gasteiger partial charge in [0.1, 0.15) is 0 Å². The van der Waals surface area contributed by atoms with Crippen molar-refractivity contribution in [2.75, 3.05) is 0 Å². The molecule has 0 aromatic heterocycles. The maximum Gasteiger partial charge on any atom is 0.240 e. The number of rotatable bonds is 5. The minimum absolute atomic E-state index is 0.0279. The predicted octanol–water partition coefficient (Wildman–Crippen LogP) is 4.55. The lowest BCUT2D eigenvalue weighted by Gasteiger charge is -2.32. The molecule has 0 amide bonds. The zero-order valence-electron chi connectivity index (χ0n) is 14.6. The molecule has 1 saturated carbocycles. The monoisotopic (exact) mass is 391 g/mol. The van der Waals surface area contributed by atoms with Crippen LogP contribution in [-0.2, 0) is 10.0 Å². The van der Waals surface area contributed by atoms with Gasteiger partial charge in [-0.1, -0.05) is 48.7 Å². The van der Waals surface area contributed by atoms with E-state index < -0.39 is 10.0 Å². The van der Waals surface area contributed by atoms with Crippen LogP contribution in [0.2, 0.25) is 5.02 Å². The predicted molar refractivity (Wildman–Crippen MR) is 103 cm³/mol. The van der Waals surface area contributed by atoms with E-state index in [0.717, 1.165) is 31.2 Å². The summed E-state index contributed by atoms with van der Waals surface area (Å²) in [5, 5.41) is 0.505. The molecule has 1 aliphatic rings. The summed E-state index contributed by atoms with van der Waals surface area (Å²) in [5.41, 5.74) is 1.74. The molecule has 2 aromatic rings. The molecule has 6 heteroatoms. The van der Waals surface area contributed by atoms with Crippen LogP contribution >= 0.6 is 11.6 Å². The number of halogens is 1. The molecule has 0 aliphatic heterocycles. The van der Waals surface area contributed by atoms with Gasteiger partial charge in [-0.25, -0.2) is 13.1 Å². The van der Waals surface area contributed by atoms with E-state index in [1.165, 1.54) is 12.1 Å². The van der Waals surface area contributed by atoms with Crippen molar-refractivity contribution in [3.8, 4) is 0 Å². The second-order valence-corrected chi connectivity index (χ2v) is 8.90. The zero-order chi connectivity index (χ0) is 18.7. The summed E-state index contributed by atoms with van der Waals surface area (Å²) in [6.45, 7) is 1.54. The number of carbonyl (C=O) groups excluding carboxylic acids is 1. The van der Waals surface area contributed by atoms with Crippen LogP contribution in [-0.4, -0.2) is 20.2 Å². The van der Waals surface area contributed by atoms with Gasteiger partial charge in [0, 0.05) is 22.5 Å². The lowest BCUT2D eigenvalue weighted by molar-refractivity contribution is 0.101. The van der Waals surface area contributed by atoms with Gasteiger partial charge in [-0.15, -0.1) is 0 Å². The van der Waals surface area contributed by atoms with Gasteiger partial charge in [0.2, 0.25) is 10.0 Å². The van der Waals surface area contributed by atoms with Gasteiger partial charge >= 0.3 is 0 Å². The minimum atomic E-state index is -3.60. The minimum Gasteiger partial charge on any atom is -0.295 e. The first-order valence-electron chi connectivity index (χ1n) is 8.75. The van der Waals surface area contributed by atoms with Crippen LogP contribution < -0.4 is 4.72 Å². The van der Waals surface area contributed by atoms with Gasteiger partial charge in [-0.05, 0) is 49.6 Å². The standard InChI is InChI=1S/C20H22ClNO3S/c1-14(23)15-6-8-16(9-7-15)19-4-2-3-5-20(19)22-26(24,25)18-12-10-17(21)11-13-18/h6-13,19-20,22H,2-5H2,1H3. The number of ketones is 1. The summed E-state index contributed by atoms with van der Waals surface area (Å²) in [6, 6.07) is 13.5. The van der Waals surface area contributed by atoms with Crippen molar-refractivity contribution in [3.05, 3.63) is 64.7 Å². The summed E-state index contributed by atoms with van der Waals surface area (Å²) in [6.07, 6.45) is 3.79. The number of sulfonamides is 1. The van der Waals surface area contributed by atoms with E-state index in [0.29, 0.717) is 10.6 Å². The first kappa shape index (κ1) is 19.1. The topological polar surface area (TPSA) is 63.2 Å². The highest BCUT2D eigenvalue weighted by molar-refractivity contribution is 7.89. The summed E-state index contributed by atoms with van der Waals surface area (Å²) >= 11 is 5.85. The average Bonchev–Trinajstić information content (AvgIpc) is 2.62. The lowest BCUT2D eigenvalue weighted by Crippen LogP contribution is -2.40. The molecule has 4 nitrogen and oxygen atoms in total. The van der Waals surface area contributed by atoms with Crippen LogP contribution in [0.3, 0.4) is 0 Å². The molecule has 1 fully saturated rings. The fraction of sp³-hybridized carbons (Fsp3) is 0.350. The Balaban J connectivity index is 1.82. The Morgan fingerprint density at radius 3 is 2.23 bits per heavy atom. The van der Waals surface area contributed by atoms with E-state index in [-0.39, 0.29) is 22.6 Å².